The van der Waals surface area contributed by atoms with E-state index in [-0.39, 0.29) is 17.8 Å². The lowest BCUT2D eigenvalue weighted by atomic mass is 10.0. The van der Waals surface area contributed by atoms with Gasteiger partial charge in [-0.25, -0.2) is 24.3 Å². The van der Waals surface area contributed by atoms with Crippen molar-refractivity contribution >= 4 is 17.8 Å². The molecule has 1 aliphatic heterocycles. The number of hydrogen-bond acceptors (Lipinski definition) is 9. The Balaban J connectivity index is 1.44. The molecular formula is C29H30F2N8O5. The fourth-order valence-electron chi connectivity index (χ4n) is 4.77. The quantitative estimate of drug-likeness (QED) is 0.182. The summed E-state index contributed by atoms with van der Waals surface area (Å²) in [4.78, 5) is 44.0. The molecule has 0 bridgehead atoms. The number of para-hydroxylation sites is 1. The minimum Gasteiger partial charge on any atom is -0.383 e. The number of rotatable bonds is 10. The molecule has 0 spiro atoms. The number of methoxy groups -OCH3 is 1. The number of pyridine rings is 2. The zero-order chi connectivity index (χ0) is 31.2. The smallest absolute Gasteiger partial charge is 0.320 e. The van der Waals surface area contributed by atoms with Crippen LogP contribution in [-0.4, -0.2) is 76.7 Å². The lowest BCUT2D eigenvalue weighted by molar-refractivity contribution is -0.154. The number of ether oxygens (including phenoxy) is 1. The summed E-state index contributed by atoms with van der Waals surface area (Å²) in [5, 5.41) is 12.1. The number of nitrogens with zero attached hydrogens (tertiary/aromatic N) is 5. The highest BCUT2D eigenvalue weighted by Gasteiger charge is 2.37. The molecule has 3 N–H and O–H groups in total. The highest BCUT2D eigenvalue weighted by atomic mass is 19.2. The third-order valence-electron chi connectivity index (χ3n) is 6.85. The van der Waals surface area contributed by atoms with E-state index in [4.69, 9.17) is 19.5 Å². The minimum atomic E-state index is -1.23. The van der Waals surface area contributed by atoms with Crippen LogP contribution in [0.25, 0.3) is 16.9 Å². The van der Waals surface area contributed by atoms with Crippen LogP contribution < -0.4 is 16.1 Å². The molecule has 0 unspecified atom stereocenters. The van der Waals surface area contributed by atoms with Crippen LogP contribution in [0, 0.1) is 18.7 Å². The Morgan fingerprint density at radius 3 is 2.64 bits per heavy atom. The summed E-state index contributed by atoms with van der Waals surface area (Å²) in [6.45, 7) is 2.76. The second kappa shape index (κ2) is 13.6. The fourth-order valence-corrected chi connectivity index (χ4v) is 4.77. The van der Waals surface area contributed by atoms with Gasteiger partial charge in [0.05, 0.1) is 31.1 Å². The van der Waals surface area contributed by atoms with Gasteiger partial charge in [-0.05, 0) is 37.3 Å². The van der Waals surface area contributed by atoms with Gasteiger partial charge in [0.15, 0.2) is 5.82 Å². The van der Waals surface area contributed by atoms with Gasteiger partial charge in [0.1, 0.15) is 17.6 Å². The van der Waals surface area contributed by atoms with Crippen LogP contribution in [0.4, 0.5) is 19.4 Å². The molecule has 1 aliphatic rings. The van der Waals surface area contributed by atoms with E-state index in [1.165, 1.54) is 19.5 Å². The molecule has 0 aliphatic carbocycles. The van der Waals surface area contributed by atoms with E-state index < -0.39 is 35.8 Å². The Hall–Kier alpha value is -4.83. The van der Waals surface area contributed by atoms with E-state index in [1.54, 1.807) is 35.9 Å². The Kier molecular flexibility index (Phi) is 9.50. The second-order valence-electron chi connectivity index (χ2n) is 9.79. The molecule has 0 radical (unpaired) electrons. The predicted octanol–water partition coefficient (Wildman–Crippen LogP) is 3.33. The topological polar surface area (TPSA) is 145 Å². The third kappa shape index (κ3) is 6.70. The Morgan fingerprint density at radius 1 is 1.11 bits per heavy atom. The van der Waals surface area contributed by atoms with Gasteiger partial charge in [0.25, 0.3) is 5.91 Å². The van der Waals surface area contributed by atoms with Gasteiger partial charge in [-0.3, -0.25) is 24.8 Å². The van der Waals surface area contributed by atoms with E-state index in [9.17, 15) is 18.4 Å². The zero-order valence-electron chi connectivity index (χ0n) is 24.1. The van der Waals surface area contributed by atoms with Crippen molar-refractivity contribution in [3.05, 3.63) is 89.5 Å². The van der Waals surface area contributed by atoms with Gasteiger partial charge in [0, 0.05) is 49.3 Å². The highest BCUT2D eigenvalue weighted by molar-refractivity contribution is 5.93. The van der Waals surface area contributed by atoms with Gasteiger partial charge in [-0.1, -0.05) is 18.2 Å². The zero-order valence-corrected chi connectivity index (χ0v) is 24.1. The van der Waals surface area contributed by atoms with Crippen LogP contribution in [0.5, 0.6) is 0 Å². The standard InChI is InChI=1S/C29H30F2N8O5/c1-17-24(18-9-10-32-22(14-18)28(40)37-43-3)36-39(20-7-5-4-6-8-20)27(17)35-29(41)34-23-16-38(11-12-42-2)44-25(23)19-13-21(30)26(31)33-15-19/h4-10,13-15,23,25H,11-12,16H2,1-3H3,(H,37,40)(H2,34,35,41)/t23-,25+/m1/s1. The van der Waals surface area contributed by atoms with Crippen LogP contribution >= 0.6 is 0 Å². The Labute approximate surface area is 251 Å². The van der Waals surface area contributed by atoms with Crippen molar-refractivity contribution in [3.63, 3.8) is 0 Å². The lowest BCUT2D eigenvalue weighted by Crippen LogP contribution is -2.42. The summed E-state index contributed by atoms with van der Waals surface area (Å²) in [5.74, 6) is -2.52. The largest absolute Gasteiger partial charge is 0.383 e. The molecule has 230 valence electrons. The Bertz CT molecular complexity index is 1640. The van der Waals surface area contributed by atoms with E-state index in [0.717, 1.165) is 6.07 Å². The number of nitrogens with one attached hydrogen (secondary N) is 3. The summed E-state index contributed by atoms with van der Waals surface area (Å²) in [5.41, 5.74) is 4.97. The van der Waals surface area contributed by atoms with Gasteiger partial charge >= 0.3 is 6.03 Å². The molecular weight excluding hydrogens is 578 g/mol. The number of hydrogen-bond donors (Lipinski definition) is 3. The highest BCUT2D eigenvalue weighted by Crippen LogP contribution is 2.32. The van der Waals surface area contributed by atoms with Crippen molar-refractivity contribution in [1.82, 2.24) is 35.6 Å². The molecule has 4 aromatic rings. The number of benzene rings is 1. The summed E-state index contributed by atoms with van der Waals surface area (Å²) >= 11 is 0. The van der Waals surface area contributed by atoms with Crippen molar-refractivity contribution in [2.75, 3.05) is 39.2 Å². The molecule has 13 nitrogen and oxygen atoms in total. The Morgan fingerprint density at radius 2 is 1.91 bits per heavy atom. The number of anilines is 1. The van der Waals surface area contributed by atoms with E-state index in [2.05, 4.69) is 26.1 Å². The molecule has 44 heavy (non-hydrogen) atoms. The van der Waals surface area contributed by atoms with E-state index in [0.29, 0.717) is 41.5 Å². The van der Waals surface area contributed by atoms with Crippen molar-refractivity contribution in [2.24, 2.45) is 0 Å². The monoisotopic (exact) mass is 608 g/mol. The number of aromatic nitrogens is 4. The summed E-state index contributed by atoms with van der Waals surface area (Å²) in [7, 11) is 2.87. The molecule has 5 rings (SSSR count). The third-order valence-corrected chi connectivity index (χ3v) is 6.85. The number of hydroxylamine groups is 3. The van der Waals surface area contributed by atoms with Gasteiger partial charge in [0.2, 0.25) is 5.95 Å². The SMILES string of the molecule is COCCN1C[C@@H](NC(=O)Nc2c(C)c(-c3ccnc(C(=O)NOC)c3)nn2-c2ccccc2)[C@H](c2cnc(F)c(F)c2)O1. The van der Waals surface area contributed by atoms with Crippen molar-refractivity contribution < 1.29 is 32.8 Å². The first-order valence-electron chi connectivity index (χ1n) is 13.5. The molecule has 4 heterocycles. The van der Waals surface area contributed by atoms with E-state index >= 15 is 0 Å². The van der Waals surface area contributed by atoms with Crippen molar-refractivity contribution in [2.45, 2.75) is 19.1 Å². The average Bonchev–Trinajstić information content (AvgIpc) is 3.58. The number of halogens is 2. The molecule has 1 fully saturated rings. The molecule has 3 aromatic heterocycles. The van der Waals surface area contributed by atoms with Crippen LogP contribution in [0.1, 0.15) is 27.7 Å². The normalized spacial score (nSPS) is 16.6. The molecule has 0 saturated carbocycles. The molecule has 1 saturated heterocycles. The van der Waals surface area contributed by atoms with Gasteiger partial charge < -0.3 is 10.1 Å². The number of amides is 3. The first-order valence-corrected chi connectivity index (χ1v) is 13.5. The first-order chi connectivity index (χ1) is 21.3. The molecule has 1 aromatic carbocycles. The maximum atomic E-state index is 14.0. The predicted molar refractivity (Wildman–Crippen MR) is 153 cm³/mol. The van der Waals surface area contributed by atoms with E-state index in [1.807, 2.05) is 30.3 Å². The molecule has 3 amide bonds. The van der Waals surface area contributed by atoms with Gasteiger partial charge in [-0.2, -0.15) is 14.6 Å². The van der Waals surface area contributed by atoms with Crippen molar-refractivity contribution in [3.8, 4) is 16.9 Å². The number of carbonyl (C=O) groups is 2. The molecule has 2 atom stereocenters. The summed E-state index contributed by atoms with van der Waals surface area (Å²) < 4.78 is 34.3. The fraction of sp³-hybridized carbons (Fsp3) is 0.276. The maximum absolute atomic E-state index is 14.0. The first kappa shape index (κ1) is 30.6. The number of carbonyl (C=O) groups excluding carboxylic acids is 2. The maximum Gasteiger partial charge on any atom is 0.320 e. The summed E-state index contributed by atoms with van der Waals surface area (Å²) in [6.07, 6.45) is 1.81. The minimum absolute atomic E-state index is 0.113. The van der Waals surface area contributed by atoms with Crippen LogP contribution in [0.2, 0.25) is 0 Å². The average molecular weight is 609 g/mol. The van der Waals surface area contributed by atoms with Crippen LogP contribution in [-0.2, 0) is 14.4 Å². The summed E-state index contributed by atoms with van der Waals surface area (Å²) in [6, 6.07) is 12.2. The van der Waals surface area contributed by atoms with Crippen molar-refractivity contribution in [1.29, 1.82) is 0 Å². The van der Waals surface area contributed by atoms with Gasteiger partial charge in [-0.15, -0.1) is 0 Å². The van der Waals surface area contributed by atoms with Crippen LogP contribution in [0.15, 0.2) is 60.9 Å². The molecule has 15 heteroatoms. The van der Waals surface area contributed by atoms with Crippen LogP contribution in [0.3, 0.4) is 0 Å². The second-order valence-corrected chi connectivity index (χ2v) is 9.79. The lowest BCUT2D eigenvalue weighted by Gasteiger charge is -2.19. The number of urea groups is 1.